The number of hydrogen-bond acceptors (Lipinski definition) is 6. The summed E-state index contributed by atoms with van der Waals surface area (Å²) in [6.07, 6.45) is 1.29. The molecule has 2 N–H and O–H groups in total. The van der Waals surface area contributed by atoms with Crippen LogP contribution in [0.25, 0.3) is 0 Å². The second-order valence-corrected chi connectivity index (χ2v) is 6.31. The van der Waals surface area contributed by atoms with Crippen molar-refractivity contribution in [3.63, 3.8) is 0 Å². The fourth-order valence-corrected chi connectivity index (χ4v) is 2.59. The van der Waals surface area contributed by atoms with E-state index in [9.17, 15) is 9.59 Å². The van der Waals surface area contributed by atoms with Gasteiger partial charge in [-0.3, -0.25) is 4.79 Å². The number of rotatable bonds is 5. The first kappa shape index (κ1) is 19.3. The summed E-state index contributed by atoms with van der Waals surface area (Å²) in [4.78, 5) is 32.2. The number of amides is 1. The Morgan fingerprint density at radius 3 is 2.61 bits per heavy atom. The highest BCUT2D eigenvalue weighted by Crippen LogP contribution is 2.22. The van der Waals surface area contributed by atoms with Crippen LogP contribution in [0.3, 0.4) is 0 Å². The highest BCUT2D eigenvalue weighted by molar-refractivity contribution is 6.31. The van der Waals surface area contributed by atoms with Crippen molar-refractivity contribution in [3.8, 4) is 0 Å². The minimum absolute atomic E-state index is 0.166. The van der Waals surface area contributed by atoms with E-state index in [4.69, 9.17) is 11.6 Å². The van der Waals surface area contributed by atoms with Gasteiger partial charge in [0.05, 0.1) is 12.7 Å². The van der Waals surface area contributed by atoms with E-state index in [1.54, 1.807) is 24.3 Å². The maximum Gasteiger partial charge on any atom is 0.337 e. The Kier molecular flexibility index (Phi) is 5.86. The minimum Gasteiger partial charge on any atom is -0.465 e. The van der Waals surface area contributed by atoms with Gasteiger partial charge in [-0.1, -0.05) is 23.7 Å². The van der Waals surface area contributed by atoms with Gasteiger partial charge >= 0.3 is 5.97 Å². The molecule has 8 heteroatoms. The second-order valence-electron chi connectivity index (χ2n) is 5.90. The molecule has 0 radical (unpaired) electrons. The van der Waals surface area contributed by atoms with Crippen molar-refractivity contribution in [2.75, 3.05) is 17.7 Å². The summed E-state index contributed by atoms with van der Waals surface area (Å²) in [6.45, 7) is 1.91. The van der Waals surface area contributed by atoms with E-state index in [0.29, 0.717) is 22.1 Å². The van der Waals surface area contributed by atoms with Crippen molar-refractivity contribution >= 4 is 40.7 Å². The van der Waals surface area contributed by atoms with Gasteiger partial charge in [0.25, 0.3) is 5.91 Å². The zero-order valence-corrected chi connectivity index (χ0v) is 15.9. The van der Waals surface area contributed by atoms with Crippen LogP contribution in [0.4, 0.5) is 17.2 Å². The molecule has 0 aliphatic rings. The van der Waals surface area contributed by atoms with E-state index in [1.165, 1.54) is 25.6 Å². The second kappa shape index (κ2) is 8.49. The van der Waals surface area contributed by atoms with Crippen molar-refractivity contribution in [1.82, 2.24) is 9.97 Å². The normalized spacial score (nSPS) is 10.2. The van der Waals surface area contributed by atoms with E-state index >= 15 is 0 Å². The molecule has 3 aromatic rings. The van der Waals surface area contributed by atoms with Gasteiger partial charge in [-0.15, -0.1) is 0 Å². The maximum atomic E-state index is 12.5. The fourth-order valence-electron chi connectivity index (χ4n) is 2.41. The standard InChI is InChI=1S/C20H17ClN4O3/c1-12-6-7-15(9-16(12)21)24-18-10-17(22-11-23-18)19(26)25-14-5-3-4-13(8-14)20(27)28-2/h3-11H,1-2H3,(H,25,26)(H,22,23,24). The number of nitrogens with one attached hydrogen (secondary N) is 2. The van der Waals surface area contributed by atoms with Gasteiger partial charge in [0, 0.05) is 22.5 Å². The SMILES string of the molecule is COC(=O)c1cccc(NC(=O)c2cc(Nc3ccc(C)c(Cl)c3)ncn2)c1. The van der Waals surface area contributed by atoms with Gasteiger partial charge < -0.3 is 15.4 Å². The topological polar surface area (TPSA) is 93.2 Å². The first-order chi connectivity index (χ1) is 13.5. The van der Waals surface area contributed by atoms with Crippen LogP contribution in [0.5, 0.6) is 0 Å². The highest BCUT2D eigenvalue weighted by Gasteiger charge is 2.12. The summed E-state index contributed by atoms with van der Waals surface area (Å²) in [5, 5.41) is 6.41. The molecular weight excluding hydrogens is 380 g/mol. The van der Waals surface area contributed by atoms with Gasteiger partial charge in [0.1, 0.15) is 17.8 Å². The van der Waals surface area contributed by atoms with Crippen LogP contribution in [0.15, 0.2) is 54.9 Å². The molecular formula is C20H17ClN4O3. The largest absolute Gasteiger partial charge is 0.465 e. The highest BCUT2D eigenvalue weighted by atomic mass is 35.5. The molecule has 0 aliphatic carbocycles. The predicted molar refractivity (Wildman–Crippen MR) is 107 cm³/mol. The Labute approximate surface area is 166 Å². The number of carbonyl (C=O) groups excluding carboxylic acids is 2. The molecule has 3 rings (SSSR count). The number of carbonyl (C=O) groups is 2. The molecule has 1 amide bonds. The molecule has 0 fully saturated rings. The van der Waals surface area contributed by atoms with Gasteiger partial charge in [-0.05, 0) is 42.8 Å². The molecule has 7 nitrogen and oxygen atoms in total. The summed E-state index contributed by atoms with van der Waals surface area (Å²) < 4.78 is 4.68. The summed E-state index contributed by atoms with van der Waals surface area (Å²) in [5.74, 6) is -0.473. The number of halogens is 1. The molecule has 1 aromatic heterocycles. The summed E-state index contributed by atoms with van der Waals surface area (Å²) in [6, 6.07) is 13.5. The molecule has 0 spiro atoms. The van der Waals surface area contributed by atoms with Crippen LogP contribution in [0.2, 0.25) is 5.02 Å². The lowest BCUT2D eigenvalue weighted by molar-refractivity contribution is 0.0600. The smallest absolute Gasteiger partial charge is 0.337 e. The van der Waals surface area contributed by atoms with Crippen molar-refractivity contribution in [2.24, 2.45) is 0 Å². The van der Waals surface area contributed by atoms with Crippen LogP contribution < -0.4 is 10.6 Å². The summed E-state index contributed by atoms with van der Waals surface area (Å²) >= 11 is 6.13. The average Bonchev–Trinajstić information content (AvgIpc) is 2.70. The lowest BCUT2D eigenvalue weighted by atomic mass is 10.2. The first-order valence-electron chi connectivity index (χ1n) is 8.31. The Bertz CT molecular complexity index is 1040. The number of methoxy groups -OCH3 is 1. The Morgan fingerprint density at radius 1 is 1.04 bits per heavy atom. The zero-order chi connectivity index (χ0) is 20.1. The van der Waals surface area contributed by atoms with E-state index in [1.807, 2.05) is 19.1 Å². The summed E-state index contributed by atoms with van der Waals surface area (Å²) in [7, 11) is 1.30. The third kappa shape index (κ3) is 4.63. The predicted octanol–water partition coefficient (Wildman–Crippen LogP) is 4.22. The average molecular weight is 397 g/mol. The van der Waals surface area contributed by atoms with E-state index in [2.05, 4.69) is 25.3 Å². The molecule has 0 aliphatic heterocycles. The van der Waals surface area contributed by atoms with E-state index in [0.717, 1.165) is 11.3 Å². The Hall–Kier alpha value is -3.45. The number of anilines is 3. The van der Waals surface area contributed by atoms with Crippen molar-refractivity contribution in [3.05, 3.63) is 76.7 Å². The first-order valence-corrected chi connectivity index (χ1v) is 8.69. The lowest BCUT2D eigenvalue weighted by Gasteiger charge is -2.09. The molecule has 2 aromatic carbocycles. The van der Waals surface area contributed by atoms with Crippen molar-refractivity contribution < 1.29 is 14.3 Å². The van der Waals surface area contributed by atoms with Crippen LogP contribution in [-0.2, 0) is 4.74 Å². The quantitative estimate of drug-likeness (QED) is 0.627. The van der Waals surface area contributed by atoms with Gasteiger partial charge in [-0.25, -0.2) is 14.8 Å². The Balaban J connectivity index is 1.75. The molecule has 1 heterocycles. The van der Waals surface area contributed by atoms with E-state index < -0.39 is 11.9 Å². The number of benzene rings is 2. The number of esters is 1. The van der Waals surface area contributed by atoms with Crippen molar-refractivity contribution in [2.45, 2.75) is 6.92 Å². The van der Waals surface area contributed by atoms with Crippen LogP contribution in [0.1, 0.15) is 26.4 Å². The summed E-state index contributed by atoms with van der Waals surface area (Å²) in [5.41, 5.74) is 2.66. The van der Waals surface area contributed by atoms with Crippen LogP contribution in [0, 0.1) is 6.92 Å². The molecule has 0 unspecified atom stereocenters. The van der Waals surface area contributed by atoms with Crippen LogP contribution >= 0.6 is 11.6 Å². The third-order valence-corrected chi connectivity index (χ3v) is 4.29. The monoisotopic (exact) mass is 396 g/mol. The van der Waals surface area contributed by atoms with Gasteiger partial charge in [-0.2, -0.15) is 0 Å². The van der Waals surface area contributed by atoms with Gasteiger partial charge in [0.15, 0.2) is 0 Å². The molecule has 0 atom stereocenters. The lowest BCUT2D eigenvalue weighted by Crippen LogP contribution is -2.15. The number of nitrogens with zero attached hydrogens (tertiary/aromatic N) is 2. The number of aromatic nitrogens is 2. The zero-order valence-electron chi connectivity index (χ0n) is 15.2. The molecule has 0 saturated heterocycles. The maximum absolute atomic E-state index is 12.5. The minimum atomic E-state index is -0.485. The number of ether oxygens (including phenoxy) is 1. The molecule has 0 bridgehead atoms. The number of hydrogen-bond donors (Lipinski definition) is 2. The molecule has 28 heavy (non-hydrogen) atoms. The number of aryl methyl sites for hydroxylation is 1. The van der Waals surface area contributed by atoms with Crippen LogP contribution in [-0.4, -0.2) is 29.0 Å². The van der Waals surface area contributed by atoms with Crippen molar-refractivity contribution in [1.29, 1.82) is 0 Å². The van der Waals surface area contributed by atoms with Gasteiger partial charge in [0.2, 0.25) is 0 Å². The fraction of sp³-hybridized carbons (Fsp3) is 0.100. The molecule has 142 valence electrons. The Morgan fingerprint density at radius 2 is 1.86 bits per heavy atom. The molecule has 0 saturated carbocycles. The third-order valence-electron chi connectivity index (χ3n) is 3.89. The van der Waals surface area contributed by atoms with E-state index in [-0.39, 0.29) is 5.69 Å².